The van der Waals surface area contributed by atoms with Gasteiger partial charge in [-0.2, -0.15) is 17.4 Å². The molecule has 1 aromatic rings. The Hall–Kier alpha value is -1.39. The normalized spacial score (nSPS) is 11.5. The number of nitrogens with one attached hydrogen (secondary N) is 1. The Bertz CT molecular complexity index is 600. The van der Waals surface area contributed by atoms with Crippen molar-refractivity contribution in [2.24, 2.45) is 0 Å². The van der Waals surface area contributed by atoms with Crippen molar-refractivity contribution in [1.82, 2.24) is 9.03 Å². The second-order valence-corrected chi connectivity index (χ2v) is 6.46. The zero-order valence-corrected chi connectivity index (χ0v) is 12.7. The van der Waals surface area contributed by atoms with Crippen molar-refractivity contribution >= 4 is 10.2 Å². The highest BCUT2D eigenvalue weighted by molar-refractivity contribution is 7.87. The quantitative estimate of drug-likeness (QED) is 0.786. The first-order valence-corrected chi connectivity index (χ1v) is 7.72. The summed E-state index contributed by atoms with van der Waals surface area (Å²) >= 11 is 0. The monoisotopic (exact) mass is 296 g/mol. The molecule has 0 amide bonds. The topological polar surface area (TPSA) is 69.6 Å². The van der Waals surface area contributed by atoms with Crippen LogP contribution in [0.1, 0.15) is 25.0 Å². The van der Waals surface area contributed by atoms with Gasteiger partial charge in [-0.05, 0) is 25.5 Å². The third-order valence-corrected chi connectivity index (χ3v) is 4.23. The fourth-order valence-corrected chi connectivity index (χ4v) is 2.71. The number of aliphatic hydroxyl groups is 1. The van der Waals surface area contributed by atoms with E-state index in [-0.39, 0.29) is 19.2 Å². The summed E-state index contributed by atoms with van der Waals surface area (Å²) in [6.07, 6.45) is 0. The number of rotatable bonds is 5. The van der Waals surface area contributed by atoms with Gasteiger partial charge in [-0.1, -0.05) is 30.0 Å². The maximum absolute atomic E-state index is 12.0. The van der Waals surface area contributed by atoms with E-state index in [4.69, 9.17) is 5.11 Å². The highest BCUT2D eigenvalue weighted by Crippen LogP contribution is 2.11. The van der Waals surface area contributed by atoms with Crippen molar-refractivity contribution in [3.8, 4) is 11.8 Å². The van der Waals surface area contributed by atoms with Gasteiger partial charge < -0.3 is 5.11 Å². The van der Waals surface area contributed by atoms with Gasteiger partial charge >= 0.3 is 0 Å². The minimum Gasteiger partial charge on any atom is -0.384 e. The van der Waals surface area contributed by atoms with Gasteiger partial charge in [0.15, 0.2) is 0 Å². The minimum atomic E-state index is -3.51. The number of hydrogen-bond donors (Lipinski definition) is 2. The average molecular weight is 296 g/mol. The second kappa shape index (κ2) is 7.41. The largest absolute Gasteiger partial charge is 0.384 e. The summed E-state index contributed by atoms with van der Waals surface area (Å²) < 4.78 is 27.8. The summed E-state index contributed by atoms with van der Waals surface area (Å²) in [6, 6.07) is 7.12. The van der Waals surface area contributed by atoms with E-state index in [1.165, 1.54) is 11.4 Å². The number of aliphatic hydroxyl groups excluding tert-OH is 1. The predicted octanol–water partition coefficient (Wildman–Crippen LogP) is 0.705. The van der Waals surface area contributed by atoms with Crippen LogP contribution in [0, 0.1) is 11.8 Å². The Balaban J connectivity index is 2.93. The van der Waals surface area contributed by atoms with Crippen LogP contribution in [0.25, 0.3) is 0 Å². The lowest BCUT2D eigenvalue weighted by molar-refractivity contribution is 0.350. The smallest absolute Gasteiger partial charge is 0.279 e. The van der Waals surface area contributed by atoms with E-state index in [9.17, 15) is 8.42 Å². The summed E-state index contributed by atoms with van der Waals surface area (Å²) in [7, 11) is -1.99. The SMILES string of the molecule is CC(C)NS(=O)(=O)N(C)Cc1ccccc1C#CCO. The molecule has 0 atom stereocenters. The second-order valence-electron chi connectivity index (χ2n) is 4.65. The Kier molecular flexibility index (Phi) is 6.17. The molecule has 0 saturated carbocycles. The first kappa shape index (κ1) is 16.7. The van der Waals surface area contributed by atoms with Crippen LogP contribution in [0.5, 0.6) is 0 Å². The molecule has 0 unspecified atom stereocenters. The van der Waals surface area contributed by atoms with Crippen molar-refractivity contribution in [2.75, 3.05) is 13.7 Å². The lowest BCUT2D eigenvalue weighted by Crippen LogP contribution is -2.41. The van der Waals surface area contributed by atoms with Gasteiger partial charge in [0.25, 0.3) is 10.2 Å². The van der Waals surface area contributed by atoms with Gasteiger partial charge in [0.1, 0.15) is 6.61 Å². The zero-order valence-electron chi connectivity index (χ0n) is 11.9. The van der Waals surface area contributed by atoms with E-state index in [0.29, 0.717) is 5.56 Å². The average Bonchev–Trinajstić information content (AvgIpc) is 2.36. The van der Waals surface area contributed by atoms with Crippen molar-refractivity contribution in [1.29, 1.82) is 0 Å². The van der Waals surface area contributed by atoms with E-state index >= 15 is 0 Å². The molecule has 0 aliphatic heterocycles. The zero-order chi connectivity index (χ0) is 15.2. The standard InChI is InChI=1S/C14H20N2O3S/c1-12(2)15-20(18,19)16(3)11-14-8-5-4-7-13(14)9-6-10-17/h4-5,7-8,12,15,17H,10-11H2,1-3H3. The maximum atomic E-state index is 12.0. The van der Waals surface area contributed by atoms with Crippen LogP contribution in [0.4, 0.5) is 0 Å². The number of nitrogens with zero attached hydrogens (tertiary/aromatic N) is 1. The Morgan fingerprint density at radius 3 is 2.60 bits per heavy atom. The first-order valence-electron chi connectivity index (χ1n) is 6.28. The van der Waals surface area contributed by atoms with Crippen LogP contribution < -0.4 is 4.72 Å². The lowest BCUT2D eigenvalue weighted by atomic mass is 10.1. The van der Waals surface area contributed by atoms with Gasteiger partial charge in [-0.15, -0.1) is 0 Å². The minimum absolute atomic E-state index is 0.160. The Morgan fingerprint density at radius 2 is 2.00 bits per heavy atom. The maximum Gasteiger partial charge on any atom is 0.279 e. The third-order valence-electron chi connectivity index (χ3n) is 2.51. The molecule has 20 heavy (non-hydrogen) atoms. The van der Waals surface area contributed by atoms with Crippen molar-refractivity contribution < 1.29 is 13.5 Å². The van der Waals surface area contributed by atoms with Crippen LogP contribution in [-0.2, 0) is 16.8 Å². The van der Waals surface area contributed by atoms with E-state index in [1.54, 1.807) is 19.9 Å². The van der Waals surface area contributed by atoms with Crippen LogP contribution in [0.15, 0.2) is 24.3 Å². The molecule has 0 spiro atoms. The molecule has 0 aliphatic rings. The third kappa shape index (κ3) is 4.94. The fraction of sp³-hybridized carbons (Fsp3) is 0.429. The summed E-state index contributed by atoms with van der Waals surface area (Å²) in [5.41, 5.74) is 1.51. The molecule has 110 valence electrons. The van der Waals surface area contributed by atoms with Gasteiger partial charge in [-0.25, -0.2) is 0 Å². The lowest BCUT2D eigenvalue weighted by Gasteiger charge is -2.20. The Morgan fingerprint density at radius 1 is 1.35 bits per heavy atom. The van der Waals surface area contributed by atoms with Crippen molar-refractivity contribution in [3.05, 3.63) is 35.4 Å². The van der Waals surface area contributed by atoms with Crippen LogP contribution in [0.3, 0.4) is 0 Å². The predicted molar refractivity (Wildman–Crippen MR) is 79.1 cm³/mol. The molecule has 0 aromatic heterocycles. The molecule has 1 rings (SSSR count). The number of benzene rings is 1. The van der Waals surface area contributed by atoms with Crippen LogP contribution in [-0.4, -0.2) is 37.5 Å². The molecule has 0 bridgehead atoms. The van der Waals surface area contributed by atoms with Gasteiger partial charge in [0.05, 0.1) is 0 Å². The molecule has 1 aromatic carbocycles. The van der Waals surface area contributed by atoms with Crippen molar-refractivity contribution in [2.45, 2.75) is 26.4 Å². The van der Waals surface area contributed by atoms with Crippen LogP contribution in [0.2, 0.25) is 0 Å². The molecule has 0 saturated heterocycles. The fourth-order valence-electron chi connectivity index (χ4n) is 1.63. The molecular formula is C14H20N2O3S. The molecule has 0 aliphatic carbocycles. The van der Waals surface area contributed by atoms with Gasteiger partial charge in [0, 0.05) is 25.2 Å². The highest BCUT2D eigenvalue weighted by Gasteiger charge is 2.19. The number of hydrogen-bond acceptors (Lipinski definition) is 3. The summed E-state index contributed by atoms with van der Waals surface area (Å²) in [5.74, 6) is 5.39. The molecule has 2 N–H and O–H groups in total. The Labute approximate surface area is 120 Å². The van der Waals surface area contributed by atoms with E-state index in [0.717, 1.165) is 5.56 Å². The summed E-state index contributed by atoms with van der Waals surface area (Å²) in [5, 5.41) is 8.74. The summed E-state index contributed by atoms with van der Waals surface area (Å²) in [6.45, 7) is 3.54. The molecule has 6 heteroatoms. The van der Waals surface area contributed by atoms with Crippen molar-refractivity contribution in [3.63, 3.8) is 0 Å². The first-order chi connectivity index (χ1) is 9.36. The van der Waals surface area contributed by atoms with Crippen LogP contribution >= 0.6 is 0 Å². The van der Waals surface area contributed by atoms with Gasteiger partial charge in [0.2, 0.25) is 0 Å². The summed E-state index contributed by atoms with van der Waals surface area (Å²) in [4.78, 5) is 0. The van der Waals surface area contributed by atoms with E-state index in [1.807, 2.05) is 18.2 Å². The molecule has 0 heterocycles. The highest BCUT2D eigenvalue weighted by atomic mass is 32.2. The molecule has 5 nitrogen and oxygen atoms in total. The molecular weight excluding hydrogens is 276 g/mol. The molecule has 0 radical (unpaired) electrons. The van der Waals surface area contributed by atoms with E-state index in [2.05, 4.69) is 16.6 Å². The van der Waals surface area contributed by atoms with Gasteiger partial charge in [-0.3, -0.25) is 0 Å². The molecule has 0 fully saturated rings. The van der Waals surface area contributed by atoms with E-state index < -0.39 is 10.2 Å².